The first-order valence-electron chi connectivity index (χ1n) is 6.41. The van der Waals surface area contributed by atoms with E-state index in [9.17, 15) is 4.79 Å². The molecule has 98 valence electrons. The SMILES string of the molecule is CN(C)CCC(=O)N1CCCc2cc(N)ccc21. The molecule has 0 fully saturated rings. The zero-order chi connectivity index (χ0) is 13.1. The molecule has 1 aromatic carbocycles. The number of nitrogens with zero attached hydrogens (tertiary/aromatic N) is 2. The Labute approximate surface area is 108 Å². The number of hydrogen-bond donors (Lipinski definition) is 1. The van der Waals surface area contributed by atoms with Crippen molar-refractivity contribution in [1.82, 2.24) is 4.90 Å². The van der Waals surface area contributed by atoms with Crippen LogP contribution in [0, 0.1) is 0 Å². The maximum atomic E-state index is 12.2. The van der Waals surface area contributed by atoms with Gasteiger partial charge in [0, 0.05) is 30.9 Å². The highest BCUT2D eigenvalue weighted by Gasteiger charge is 2.22. The number of nitrogen functional groups attached to an aromatic ring is 1. The summed E-state index contributed by atoms with van der Waals surface area (Å²) in [4.78, 5) is 16.2. The standard InChI is InChI=1S/C14H21N3O/c1-16(2)9-7-14(18)17-8-3-4-11-10-12(15)5-6-13(11)17/h5-6,10H,3-4,7-9,15H2,1-2H3. The van der Waals surface area contributed by atoms with E-state index in [2.05, 4.69) is 0 Å². The van der Waals surface area contributed by atoms with Crippen LogP contribution in [0.25, 0.3) is 0 Å². The molecule has 0 saturated carbocycles. The van der Waals surface area contributed by atoms with Crippen LogP contribution in [0.3, 0.4) is 0 Å². The number of amides is 1. The molecule has 1 aliphatic rings. The average Bonchev–Trinajstić information content (AvgIpc) is 2.34. The van der Waals surface area contributed by atoms with Crippen molar-refractivity contribution in [2.24, 2.45) is 0 Å². The average molecular weight is 247 g/mol. The lowest BCUT2D eigenvalue weighted by Gasteiger charge is -2.30. The fourth-order valence-corrected chi connectivity index (χ4v) is 2.33. The van der Waals surface area contributed by atoms with Crippen LogP contribution in [0.4, 0.5) is 11.4 Å². The van der Waals surface area contributed by atoms with E-state index in [4.69, 9.17) is 5.73 Å². The third-order valence-electron chi connectivity index (χ3n) is 3.30. The number of benzene rings is 1. The van der Waals surface area contributed by atoms with E-state index in [1.165, 1.54) is 5.56 Å². The van der Waals surface area contributed by atoms with Gasteiger partial charge in [0.25, 0.3) is 0 Å². The molecule has 18 heavy (non-hydrogen) atoms. The molecule has 1 aromatic rings. The zero-order valence-corrected chi connectivity index (χ0v) is 11.1. The number of fused-ring (bicyclic) bond motifs is 1. The molecule has 2 rings (SSSR count). The summed E-state index contributed by atoms with van der Waals surface area (Å²) in [5, 5.41) is 0. The molecule has 0 bridgehead atoms. The Kier molecular flexibility index (Phi) is 3.87. The Morgan fingerprint density at radius 1 is 1.44 bits per heavy atom. The van der Waals surface area contributed by atoms with E-state index in [1.807, 2.05) is 42.1 Å². The van der Waals surface area contributed by atoms with Gasteiger partial charge in [0.1, 0.15) is 0 Å². The van der Waals surface area contributed by atoms with Crippen molar-refractivity contribution >= 4 is 17.3 Å². The molecule has 0 atom stereocenters. The highest BCUT2D eigenvalue weighted by atomic mass is 16.2. The lowest BCUT2D eigenvalue weighted by molar-refractivity contribution is -0.118. The van der Waals surface area contributed by atoms with Crippen molar-refractivity contribution in [2.45, 2.75) is 19.3 Å². The van der Waals surface area contributed by atoms with Crippen molar-refractivity contribution in [3.05, 3.63) is 23.8 Å². The molecule has 2 N–H and O–H groups in total. The first-order chi connectivity index (χ1) is 8.58. The Morgan fingerprint density at radius 3 is 2.94 bits per heavy atom. The Morgan fingerprint density at radius 2 is 2.22 bits per heavy atom. The number of carbonyl (C=O) groups is 1. The highest BCUT2D eigenvalue weighted by molar-refractivity contribution is 5.94. The summed E-state index contributed by atoms with van der Waals surface area (Å²) in [6.07, 6.45) is 2.60. The van der Waals surface area contributed by atoms with E-state index in [-0.39, 0.29) is 5.91 Å². The van der Waals surface area contributed by atoms with Gasteiger partial charge < -0.3 is 15.5 Å². The number of aryl methyl sites for hydroxylation is 1. The molecule has 0 spiro atoms. The van der Waals surface area contributed by atoms with Gasteiger partial charge in [-0.3, -0.25) is 4.79 Å². The minimum Gasteiger partial charge on any atom is -0.399 e. The highest BCUT2D eigenvalue weighted by Crippen LogP contribution is 2.29. The van der Waals surface area contributed by atoms with Crippen LogP contribution in [0.5, 0.6) is 0 Å². The van der Waals surface area contributed by atoms with Crippen LogP contribution in [0.15, 0.2) is 18.2 Å². The molecule has 1 amide bonds. The first-order valence-corrected chi connectivity index (χ1v) is 6.41. The second-order valence-corrected chi connectivity index (χ2v) is 5.09. The topological polar surface area (TPSA) is 49.6 Å². The van der Waals surface area contributed by atoms with Crippen molar-refractivity contribution in [1.29, 1.82) is 0 Å². The van der Waals surface area contributed by atoms with Crippen LogP contribution < -0.4 is 10.6 Å². The lowest BCUT2D eigenvalue weighted by Crippen LogP contribution is -2.36. The molecule has 4 heteroatoms. The Hall–Kier alpha value is -1.55. The minimum absolute atomic E-state index is 0.203. The summed E-state index contributed by atoms with van der Waals surface area (Å²) in [7, 11) is 3.97. The summed E-state index contributed by atoms with van der Waals surface area (Å²) < 4.78 is 0. The Bertz CT molecular complexity index is 443. The van der Waals surface area contributed by atoms with Gasteiger partial charge in [-0.25, -0.2) is 0 Å². The third-order valence-corrected chi connectivity index (χ3v) is 3.30. The predicted molar refractivity (Wildman–Crippen MR) is 74.7 cm³/mol. The largest absolute Gasteiger partial charge is 0.399 e. The van der Waals surface area contributed by atoms with E-state index in [0.717, 1.165) is 37.3 Å². The normalized spacial score (nSPS) is 14.7. The summed E-state index contributed by atoms with van der Waals surface area (Å²) in [6.45, 7) is 1.61. The van der Waals surface area contributed by atoms with Gasteiger partial charge in [-0.05, 0) is 50.7 Å². The van der Waals surface area contributed by atoms with E-state index >= 15 is 0 Å². The maximum absolute atomic E-state index is 12.2. The van der Waals surface area contributed by atoms with Crippen LogP contribution in [-0.4, -0.2) is 38.0 Å². The van der Waals surface area contributed by atoms with Gasteiger partial charge in [0.15, 0.2) is 0 Å². The van der Waals surface area contributed by atoms with Gasteiger partial charge in [0.2, 0.25) is 5.91 Å². The molecule has 0 aliphatic carbocycles. The number of hydrogen-bond acceptors (Lipinski definition) is 3. The number of rotatable bonds is 3. The van der Waals surface area contributed by atoms with Crippen molar-refractivity contribution in [3.63, 3.8) is 0 Å². The molecule has 0 unspecified atom stereocenters. The van der Waals surface area contributed by atoms with E-state index in [0.29, 0.717) is 6.42 Å². The minimum atomic E-state index is 0.203. The van der Waals surface area contributed by atoms with Crippen molar-refractivity contribution in [3.8, 4) is 0 Å². The van der Waals surface area contributed by atoms with Crippen LogP contribution in [0.2, 0.25) is 0 Å². The maximum Gasteiger partial charge on any atom is 0.228 e. The number of carbonyl (C=O) groups excluding carboxylic acids is 1. The van der Waals surface area contributed by atoms with Crippen LogP contribution in [0.1, 0.15) is 18.4 Å². The fourth-order valence-electron chi connectivity index (χ4n) is 2.33. The molecular formula is C14H21N3O. The van der Waals surface area contributed by atoms with Crippen molar-refractivity contribution < 1.29 is 4.79 Å². The monoisotopic (exact) mass is 247 g/mol. The van der Waals surface area contributed by atoms with Gasteiger partial charge >= 0.3 is 0 Å². The Balaban J connectivity index is 2.14. The van der Waals surface area contributed by atoms with Gasteiger partial charge in [-0.2, -0.15) is 0 Å². The first kappa shape index (κ1) is 12.9. The van der Waals surface area contributed by atoms with E-state index < -0.39 is 0 Å². The zero-order valence-electron chi connectivity index (χ0n) is 11.1. The smallest absolute Gasteiger partial charge is 0.228 e. The van der Waals surface area contributed by atoms with Crippen LogP contribution in [-0.2, 0) is 11.2 Å². The third kappa shape index (κ3) is 2.82. The second-order valence-electron chi connectivity index (χ2n) is 5.09. The molecule has 1 heterocycles. The quantitative estimate of drug-likeness (QED) is 0.823. The van der Waals surface area contributed by atoms with Gasteiger partial charge in [-0.15, -0.1) is 0 Å². The number of anilines is 2. The van der Waals surface area contributed by atoms with Crippen molar-refractivity contribution in [2.75, 3.05) is 37.8 Å². The summed E-state index contributed by atoms with van der Waals surface area (Å²) in [5.41, 5.74) is 8.80. The molecular weight excluding hydrogens is 226 g/mol. The molecule has 4 nitrogen and oxygen atoms in total. The van der Waals surface area contributed by atoms with Crippen LogP contribution >= 0.6 is 0 Å². The molecule has 0 radical (unpaired) electrons. The fraction of sp³-hybridized carbons (Fsp3) is 0.500. The van der Waals surface area contributed by atoms with E-state index in [1.54, 1.807) is 0 Å². The second kappa shape index (κ2) is 5.40. The predicted octanol–water partition coefficient (Wildman–Crippen LogP) is 1.50. The van der Waals surface area contributed by atoms with Gasteiger partial charge in [-0.1, -0.05) is 0 Å². The summed E-state index contributed by atoms with van der Waals surface area (Å²) >= 11 is 0. The number of nitrogens with two attached hydrogens (primary N) is 1. The van der Waals surface area contributed by atoms with Gasteiger partial charge in [0.05, 0.1) is 0 Å². The summed E-state index contributed by atoms with van der Waals surface area (Å²) in [6, 6.07) is 5.83. The molecule has 0 saturated heterocycles. The lowest BCUT2D eigenvalue weighted by atomic mass is 10.0. The molecule has 0 aromatic heterocycles. The summed E-state index contributed by atoms with van der Waals surface area (Å²) in [5.74, 6) is 0.203. The molecule has 1 aliphatic heterocycles.